The minimum Gasteiger partial charge on any atom is -0.464 e. The van der Waals surface area contributed by atoms with Gasteiger partial charge in [-0.1, -0.05) is 6.92 Å². The third kappa shape index (κ3) is 2.42. The van der Waals surface area contributed by atoms with Crippen LogP contribution < -0.4 is 5.32 Å². The molecule has 4 heteroatoms. The first-order valence-corrected chi connectivity index (χ1v) is 8.05. The summed E-state index contributed by atoms with van der Waals surface area (Å²) in [5.41, 5.74) is 2.75. The molecule has 0 aromatic carbocycles. The fraction of sp³-hybridized carbons (Fsp3) is 0.588. The number of furan rings is 1. The fourth-order valence-electron chi connectivity index (χ4n) is 3.55. The van der Waals surface area contributed by atoms with Gasteiger partial charge < -0.3 is 9.73 Å². The second-order valence-electron chi connectivity index (χ2n) is 6.62. The number of hydrogen-bond donors (Lipinski definition) is 1. The molecule has 0 bridgehead atoms. The van der Waals surface area contributed by atoms with Crippen molar-refractivity contribution in [3.8, 4) is 0 Å². The molecule has 2 aromatic heterocycles. The predicted octanol–water partition coefficient (Wildman–Crippen LogP) is 3.30. The van der Waals surface area contributed by atoms with Gasteiger partial charge in [0.25, 0.3) is 0 Å². The van der Waals surface area contributed by atoms with Gasteiger partial charge in [-0.25, -0.2) is 0 Å². The summed E-state index contributed by atoms with van der Waals surface area (Å²) in [5.74, 6) is 3.69. The second kappa shape index (κ2) is 5.02. The van der Waals surface area contributed by atoms with E-state index >= 15 is 0 Å². The van der Waals surface area contributed by atoms with Crippen LogP contribution in [-0.4, -0.2) is 9.78 Å². The summed E-state index contributed by atoms with van der Waals surface area (Å²) in [4.78, 5) is 0. The molecule has 0 spiro atoms. The number of aryl methyl sites for hydroxylation is 1. The Kier molecular flexibility index (Phi) is 3.14. The van der Waals surface area contributed by atoms with E-state index in [9.17, 15) is 0 Å². The van der Waals surface area contributed by atoms with Gasteiger partial charge in [-0.3, -0.25) is 4.68 Å². The summed E-state index contributed by atoms with van der Waals surface area (Å²) in [6.07, 6.45) is 6.86. The lowest BCUT2D eigenvalue weighted by atomic mass is 9.93. The van der Waals surface area contributed by atoms with Gasteiger partial charge in [0.2, 0.25) is 0 Å². The summed E-state index contributed by atoms with van der Waals surface area (Å²) in [6, 6.07) is 4.69. The van der Waals surface area contributed by atoms with Crippen LogP contribution >= 0.6 is 0 Å². The molecule has 0 amide bonds. The van der Waals surface area contributed by atoms with Crippen molar-refractivity contribution in [2.45, 2.75) is 51.1 Å². The molecule has 21 heavy (non-hydrogen) atoms. The zero-order chi connectivity index (χ0) is 14.4. The molecule has 2 aliphatic rings. The molecule has 0 saturated heterocycles. The number of fused-ring (bicyclic) bond motifs is 1. The smallest absolute Gasteiger partial charge is 0.117 e. The molecule has 1 N–H and O–H groups in total. The van der Waals surface area contributed by atoms with E-state index in [0.29, 0.717) is 12.0 Å². The summed E-state index contributed by atoms with van der Waals surface area (Å²) in [5, 5.41) is 8.04. The van der Waals surface area contributed by atoms with Gasteiger partial charge in [-0.05, 0) is 43.7 Å². The Morgan fingerprint density at radius 2 is 2.29 bits per heavy atom. The van der Waals surface area contributed by atoms with Gasteiger partial charge >= 0.3 is 0 Å². The molecule has 2 aliphatic carbocycles. The largest absolute Gasteiger partial charge is 0.464 e. The van der Waals surface area contributed by atoms with Crippen LogP contribution in [0, 0.1) is 5.92 Å². The topological polar surface area (TPSA) is 43.0 Å². The molecule has 112 valence electrons. The lowest BCUT2D eigenvalue weighted by Gasteiger charge is -2.23. The van der Waals surface area contributed by atoms with E-state index in [1.54, 1.807) is 0 Å². The quantitative estimate of drug-likeness (QED) is 0.937. The Hall–Kier alpha value is -1.55. The standard InChI is InChI=1S/C17H23N3O/c1-11-8-13(11)17-7-6-12(21-17)9-18-15-4-3-5-16-14(15)10-19-20(16)2/h6-7,10-11,13,15,18H,3-5,8-9H2,1-2H3. The maximum absolute atomic E-state index is 5.98. The van der Waals surface area contributed by atoms with Crippen molar-refractivity contribution >= 4 is 0 Å². The highest BCUT2D eigenvalue weighted by Crippen LogP contribution is 2.47. The van der Waals surface area contributed by atoms with E-state index in [2.05, 4.69) is 29.5 Å². The van der Waals surface area contributed by atoms with Gasteiger partial charge in [0.1, 0.15) is 11.5 Å². The van der Waals surface area contributed by atoms with E-state index in [1.165, 1.54) is 36.3 Å². The van der Waals surface area contributed by atoms with Crippen molar-refractivity contribution in [1.29, 1.82) is 0 Å². The molecule has 1 saturated carbocycles. The first-order chi connectivity index (χ1) is 10.2. The maximum atomic E-state index is 5.98. The van der Waals surface area contributed by atoms with Crippen LogP contribution in [0.4, 0.5) is 0 Å². The van der Waals surface area contributed by atoms with Crippen molar-refractivity contribution in [3.05, 3.63) is 41.1 Å². The highest BCUT2D eigenvalue weighted by molar-refractivity contribution is 5.25. The van der Waals surface area contributed by atoms with Crippen molar-refractivity contribution in [2.75, 3.05) is 0 Å². The molecular weight excluding hydrogens is 262 g/mol. The molecule has 0 aliphatic heterocycles. The molecular formula is C17H23N3O. The van der Waals surface area contributed by atoms with Crippen LogP contribution in [0.3, 0.4) is 0 Å². The minimum absolute atomic E-state index is 0.413. The first kappa shape index (κ1) is 13.1. The molecule has 2 aromatic rings. The Bertz CT molecular complexity index is 642. The predicted molar refractivity (Wildman–Crippen MR) is 81.0 cm³/mol. The van der Waals surface area contributed by atoms with Crippen LogP contribution in [0.25, 0.3) is 0 Å². The summed E-state index contributed by atoms with van der Waals surface area (Å²) in [7, 11) is 2.04. The maximum Gasteiger partial charge on any atom is 0.117 e. The monoisotopic (exact) mass is 285 g/mol. The van der Waals surface area contributed by atoms with Gasteiger partial charge in [0.15, 0.2) is 0 Å². The minimum atomic E-state index is 0.413. The SMILES string of the molecule is CC1CC1c1ccc(CNC2CCCc3c2cnn3C)o1. The highest BCUT2D eigenvalue weighted by atomic mass is 16.3. The zero-order valence-electron chi connectivity index (χ0n) is 12.8. The van der Waals surface area contributed by atoms with Gasteiger partial charge in [-0.15, -0.1) is 0 Å². The van der Waals surface area contributed by atoms with E-state index < -0.39 is 0 Å². The second-order valence-corrected chi connectivity index (χ2v) is 6.62. The Morgan fingerprint density at radius 1 is 1.43 bits per heavy atom. The van der Waals surface area contributed by atoms with Crippen LogP contribution in [0.5, 0.6) is 0 Å². The third-order valence-electron chi connectivity index (χ3n) is 5.06. The van der Waals surface area contributed by atoms with Gasteiger partial charge in [0, 0.05) is 30.3 Å². The number of hydrogen-bond acceptors (Lipinski definition) is 3. The first-order valence-electron chi connectivity index (χ1n) is 8.05. The van der Waals surface area contributed by atoms with E-state index in [0.717, 1.165) is 24.6 Å². The van der Waals surface area contributed by atoms with Crippen LogP contribution in [0.15, 0.2) is 22.7 Å². The normalized spacial score (nSPS) is 27.6. The van der Waals surface area contributed by atoms with Crippen molar-refractivity contribution in [1.82, 2.24) is 15.1 Å². The number of rotatable bonds is 4. The van der Waals surface area contributed by atoms with Crippen molar-refractivity contribution in [3.63, 3.8) is 0 Å². The Labute approximate surface area is 125 Å². The van der Waals surface area contributed by atoms with Crippen LogP contribution in [0.2, 0.25) is 0 Å². The molecule has 2 heterocycles. The van der Waals surface area contributed by atoms with E-state index in [4.69, 9.17) is 4.42 Å². The lowest BCUT2D eigenvalue weighted by Crippen LogP contribution is -2.24. The van der Waals surface area contributed by atoms with Gasteiger partial charge in [-0.2, -0.15) is 5.10 Å². The van der Waals surface area contributed by atoms with E-state index in [-0.39, 0.29) is 0 Å². The summed E-state index contributed by atoms with van der Waals surface area (Å²) in [6.45, 7) is 3.09. The zero-order valence-corrected chi connectivity index (χ0v) is 12.8. The lowest BCUT2D eigenvalue weighted by molar-refractivity contribution is 0.400. The third-order valence-corrected chi connectivity index (χ3v) is 5.06. The number of nitrogens with one attached hydrogen (secondary N) is 1. The molecule has 1 fully saturated rings. The highest BCUT2D eigenvalue weighted by Gasteiger charge is 2.36. The molecule has 0 radical (unpaired) electrons. The summed E-state index contributed by atoms with van der Waals surface area (Å²) < 4.78 is 8.00. The van der Waals surface area contributed by atoms with Crippen molar-refractivity contribution < 1.29 is 4.42 Å². The van der Waals surface area contributed by atoms with Crippen LogP contribution in [-0.2, 0) is 20.0 Å². The van der Waals surface area contributed by atoms with E-state index in [1.807, 2.05) is 17.9 Å². The molecule has 3 unspecified atom stereocenters. The summed E-state index contributed by atoms with van der Waals surface area (Å²) >= 11 is 0. The molecule has 4 rings (SSSR count). The molecule has 4 nitrogen and oxygen atoms in total. The average Bonchev–Trinajstić information content (AvgIpc) is 2.90. The van der Waals surface area contributed by atoms with Gasteiger partial charge in [0.05, 0.1) is 12.7 Å². The fourth-order valence-corrected chi connectivity index (χ4v) is 3.55. The van der Waals surface area contributed by atoms with Crippen molar-refractivity contribution in [2.24, 2.45) is 13.0 Å². The van der Waals surface area contributed by atoms with Crippen LogP contribution in [0.1, 0.15) is 60.9 Å². The average molecular weight is 285 g/mol. The Morgan fingerprint density at radius 3 is 3.10 bits per heavy atom. The number of aromatic nitrogens is 2. The number of nitrogens with zero attached hydrogens (tertiary/aromatic N) is 2. The Balaban J connectivity index is 1.42. The molecule has 3 atom stereocenters.